The summed E-state index contributed by atoms with van der Waals surface area (Å²) in [6, 6.07) is 1.85. The van der Waals surface area contributed by atoms with Crippen LogP contribution in [0.4, 0.5) is 0 Å². The monoisotopic (exact) mass is 328 g/mol. The molecule has 0 radical (unpaired) electrons. The van der Waals surface area contributed by atoms with Crippen LogP contribution < -0.4 is 0 Å². The second kappa shape index (κ2) is 6.34. The Morgan fingerprint density at radius 1 is 1.67 bits per heavy atom. The largest absolute Gasteiger partial charge is 0.462 e. The molecule has 5 nitrogen and oxygen atoms in total. The summed E-state index contributed by atoms with van der Waals surface area (Å²) in [6.07, 6.45) is 2.09. The lowest BCUT2D eigenvalue weighted by Crippen LogP contribution is -2.31. The van der Waals surface area contributed by atoms with Crippen LogP contribution >= 0.6 is 22.9 Å². The highest BCUT2D eigenvalue weighted by Crippen LogP contribution is 2.29. The van der Waals surface area contributed by atoms with E-state index >= 15 is 0 Å². The molecule has 21 heavy (non-hydrogen) atoms. The van der Waals surface area contributed by atoms with Gasteiger partial charge in [-0.25, -0.2) is 9.78 Å². The molecule has 2 aromatic rings. The van der Waals surface area contributed by atoms with Crippen LogP contribution in [0.15, 0.2) is 6.07 Å². The number of hydrogen-bond acceptors (Lipinski definition) is 5. The van der Waals surface area contributed by atoms with Gasteiger partial charge in [-0.3, -0.25) is 0 Å². The summed E-state index contributed by atoms with van der Waals surface area (Å²) in [7, 11) is 0. The molecule has 0 amide bonds. The number of thiophene rings is 1. The number of imidazole rings is 1. The minimum absolute atomic E-state index is 0.222. The summed E-state index contributed by atoms with van der Waals surface area (Å²) in [6.45, 7) is 3.96. The maximum absolute atomic E-state index is 11.9. The predicted molar refractivity (Wildman–Crippen MR) is 82.1 cm³/mol. The highest BCUT2D eigenvalue weighted by Gasteiger charge is 2.23. The van der Waals surface area contributed by atoms with E-state index in [0.717, 1.165) is 42.2 Å². The van der Waals surface area contributed by atoms with E-state index in [0.29, 0.717) is 17.4 Å². The molecule has 0 unspecified atom stereocenters. The quantitative estimate of drug-likeness (QED) is 0.603. The number of carbonyl (C=O) groups is 1. The number of aromatic nitrogens is 2. The van der Waals surface area contributed by atoms with E-state index in [9.17, 15) is 4.79 Å². The van der Waals surface area contributed by atoms with Gasteiger partial charge < -0.3 is 14.0 Å². The fraction of sp³-hybridized carbons (Fsp3) is 0.571. The van der Waals surface area contributed by atoms with Crippen LogP contribution in [0.3, 0.4) is 0 Å². The van der Waals surface area contributed by atoms with E-state index in [2.05, 4.69) is 9.55 Å². The van der Waals surface area contributed by atoms with Crippen molar-refractivity contribution < 1.29 is 14.3 Å². The molecule has 0 bridgehead atoms. The Hall–Kier alpha value is -1.11. The Kier molecular flexibility index (Phi) is 4.47. The summed E-state index contributed by atoms with van der Waals surface area (Å²) >= 11 is 7.32. The van der Waals surface area contributed by atoms with Gasteiger partial charge in [-0.05, 0) is 18.9 Å². The molecule has 1 aliphatic heterocycles. The van der Waals surface area contributed by atoms with Crippen LogP contribution in [-0.2, 0) is 21.9 Å². The number of halogens is 1. The van der Waals surface area contributed by atoms with E-state index in [1.807, 2.05) is 13.0 Å². The first-order valence-corrected chi connectivity index (χ1v) is 8.41. The van der Waals surface area contributed by atoms with Crippen molar-refractivity contribution in [2.75, 3.05) is 13.2 Å². The van der Waals surface area contributed by atoms with Gasteiger partial charge in [-0.1, -0.05) is 6.92 Å². The third-order valence-corrected chi connectivity index (χ3v) is 4.70. The molecule has 1 saturated heterocycles. The van der Waals surface area contributed by atoms with Gasteiger partial charge in [0.1, 0.15) is 15.5 Å². The first-order chi connectivity index (χ1) is 10.2. The first kappa shape index (κ1) is 14.8. The molecule has 3 rings (SSSR count). The standard InChI is InChI=1S/C14H17ClN2O3S/c1-2-4-20-14(18)11-6-10-13(21-11)16-12(7-15)17(10)8-9-3-5-19-9/h6,9H,2-5,7-8H2,1H3/t9-/m0/s1. The average molecular weight is 329 g/mol. The fourth-order valence-corrected chi connectivity index (χ4v) is 3.42. The van der Waals surface area contributed by atoms with Gasteiger partial charge in [0.2, 0.25) is 0 Å². The first-order valence-electron chi connectivity index (χ1n) is 7.06. The number of esters is 1. The number of fused-ring (bicyclic) bond motifs is 1. The molecular weight excluding hydrogens is 312 g/mol. The van der Waals surface area contributed by atoms with Gasteiger partial charge in [0.25, 0.3) is 0 Å². The molecule has 114 valence electrons. The van der Waals surface area contributed by atoms with Crippen LogP contribution in [0.5, 0.6) is 0 Å². The number of rotatable bonds is 6. The number of hydrogen-bond donors (Lipinski definition) is 0. The minimum atomic E-state index is -0.279. The van der Waals surface area contributed by atoms with Gasteiger partial charge in [0.05, 0.1) is 30.7 Å². The zero-order valence-electron chi connectivity index (χ0n) is 11.8. The topological polar surface area (TPSA) is 53.3 Å². The Morgan fingerprint density at radius 2 is 2.48 bits per heavy atom. The third-order valence-electron chi connectivity index (χ3n) is 3.46. The second-order valence-corrected chi connectivity index (χ2v) is 6.29. The van der Waals surface area contributed by atoms with E-state index in [1.165, 1.54) is 11.3 Å². The Labute approximate surface area is 131 Å². The number of ether oxygens (including phenoxy) is 2. The highest BCUT2D eigenvalue weighted by molar-refractivity contribution is 7.20. The molecule has 2 aromatic heterocycles. The van der Waals surface area contributed by atoms with Crippen molar-refractivity contribution in [3.05, 3.63) is 16.8 Å². The number of nitrogens with zero attached hydrogens (tertiary/aromatic N) is 2. The lowest BCUT2D eigenvalue weighted by Gasteiger charge is -2.27. The van der Waals surface area contributed by atoms with Gasteiger partial charge in [0.15, 0.2) is 0 Å². The number of carbonyl (C=O) groups excluding carboxylic acids is 1. The average Bonchev–Trinajstić information content (AvgIpc) is 2.97. The van der Waals surface area contributed by atoms with Crippen molar-refractivity contribution in [3.8, 4) is 0 Å². The van der Waals surface area contributed by atoms with Crippen LogP contribution in [0.2, 0.25) is 0 Å². The molecule has 0 aliphatic carbocycles. The molecule has 3 heterocycles. The van der Waals surface area contributed by atoms with Gasteiger partial charge in [0, 0.05) is 6.61 Å². The minimum Gasteiger partial charge on any atom is -0.462 e. The lowest BCUT2D eigenvalue weighted by molar-refractivity contribution is -0.0589. The van der Waals surface area contributed by atoms with E-state index < -0.39 is 0 Å². The second-order valence-electron chi connectivity index (χ2n) is 4.99. The van der Waals surface area contributed by atoms with E-state index in [4.69, 9.17) is 21.1 Å². The lowest BCUT2D eigenvalue weighted by atomic mass is 10.2. The highest BCUT2D eigenvalue weighted by atomic mass is 35.5. The molecule has 1 aliphatic rings. The maximum Gasteiger partial charge on any atom is 0.348 e. The predicted octanol–water partition coefficient (Wildman–Crippen LogP) is 3.19. The number of alkyl halides is 1. The van der Waals surface area contributed by atoms with Crippen molar-refractivity contribution in [2.24, 2.45) is 0 Å². The maximum atomic E-state index is 11.9. The summed E-state index contributed by atoms with van der Waals surface area (Å²) in [4.78, 5) is 17.9. The Bertz CT molecular complexity index is 648. The summed E-state index contributed by atoms with van der Waals surface area (Å²) in [5, 5.41) is 0. The van der Waals surface area contributed by atoms with Gasteiger partial charge >= 0.3 is 5.97 Å². The fourth-order valence-electron chi connectivity index (χ4n) is 2.27. The van der Waals surface area contributed by atoms with Crippen LogP contribution in [0.1, 0.15) is 35.3 Å². The molecule has 1 atom stereocenters. The molecule has 1 fully saturated rings. The van der Waals surface area contributed by atoms with Crippen LogP contribution in [0, 0.1) is 0 Å². The molecule has 0 N–H and O–H groups in total. The molecule has 0 aromatic carbocycles. The van der Waals surface area contributed by atoms with Gasteiger partial charge in [-0.2, -0.15) is 0 Å². The van der Waals surface area contributed by atoms with Crippen molar-refractivity contribution in [1.82, 2.24) is 9.55 Å². The SMILES string of the molecule is CCCOC(=O)c1cc2c(nc(CCl)n2C[C@@H]2CCO2)s1. The van der Waals surface area contributed by atoms with Crippen molar-refractivity contribution >= 4 is 39.3 Å². The Balaban J connectivity index is 1.88. The van der Waals surface area contributed by atoms with Gasteiger partial charge in [-0.15, -0.1) is 22.9 Å². The summed E-state index contributed by atoms with van der Waals surface area (Å²) in [5.74, 6) is 0.893. The zero-order chi connectivity index (χ0) is 14.8. The van der Waals surface area contributed by atoms with Crippen molar-refractivity contribution in [3.63, 3.8) is 0 Å². The third kappa shape index (κ3) is 2.93. The normalized spacial score (nSPS) is 17.9. The summed E-state index contributed by atoms with van der Waals surface area (Å²) in [5.41, 5.74) is 0.939. The molecule has 0 saturated carbocycles. The van der Waals surface area contributed by atoms with Crippen LogP contribution in [0.25, 0.3) is 10.3 Å². The molecule has 0 spiro atoms. The van der Waals surface area contributed by atoms with E-state index in [1.54, 1.807) is 0 Å². The van der Waals surface area contributed by atoms with Crippen molar-refractivity contribution in [2.45, 2.75) is 38.3 Å². The smallest absolute Gasteiger partial charge is 0.348 e. The summed E-state index contributed by atoms with van der Waals surface area (Å²) < 4.78 is 12.7. The van der Waals surface area contributed by atoms with Crippen molar-refractivity contribution in [1.29, 1.82) is 0 Å². The molecular formula is C14H17ClN2O3S. The molecule has 7 heteroatoms. The van der Waals surface area contributed by atoms with E-state index in [-0.39, 0.29) is 12.1 Å². The Morgan fingerprint density at radius 3 is 3.10 bits per heavy atom. The zero-order valence-corrected chi connectivity index (χ0v) is 13.4. The van der Waals surface area contributed by atoms with Crippen LogP contribution in [-0.4, -0.2) is 34.8 Å².